The van der Waals surface area contributed by atoms with Crippen molar-refractivity contribution in [3.63, 3.8) is 0 Å². The van der Waals surface area contributed by atoms with Crippen molar-refractivity contribution < 1.29 is 27.0 Å². The Morgan fingerprint density at radius 1 is 1.35 bits per heavy atom. The molecule has 0 bridgehead atoms. The lowest BCUT2D eigenvalue weighted by Crippen LogP contribution is -2.45. The number of nitrogens with zero attached hydrogens (tertiary/aromatic N) is 3. The smallest absolute Gasteiger partial charge is 0.302 e. The van der Waals surface area contributed by atoms with Crippen LogP contribution in [0.1, 0.15) is 38.3 Å². The summed E-state index contributed by atoms with van der Waals surface area (Å²) in [6.07, 6.45) is 0.0896. The number of hydrogen-bond acceptors (Lipinski definition) is 8. The van der Waals surface area contributed by atoms with Crippen LogP contribution in [0.25, 0.3) is 0 Å². The number of hydrogen-bond donors (Lipinski definition) is 1. The lowest BCUT2D eigenvalue weighted by atomic mass is 10.1. The number of aromatic nitrogens is 2. The normalized spacial score (nSPS) is 21.1. The van der Waals surface area contributed by atoms with Crippen LogP contribution < -0.4 is 9.46 Å². The zero-order valence-electron chi connectivity index (χ0n) is 19.6. The van der Waals surface area contributed by atoms with Gasteiger partial charge in [-0.2, -0.15) is 17.7 Å². The number of rotatable bonds is 9. The molecule has 2 aliphatic heterocycles. The van der Waals surface area contributed by atoms with E-state index in [0.29, 0.717) is 30.8 Å². The number of thioether (sulfide) groups is 1. The minimum atomic E-state index is -3.73. The monoisotopic (exact) mass is 512 g/mol. The van der Waals surface area contributed by atoms with Crippen molar-refractivity contribution >= 4 is 27.8 Å². The van der Waals surface area contributed by atoms with Gasteiger partial charge in [-0.05, 0) is 45.2 Å². The molecule has 1 aromatic carbocycles. The molecule has 0 amide bonds. The molecule has 12 heteroatoms. The van der Waals surface area contributed by atoms with E-state index in [1.165, 1.54) is 22.1 Å². The fraction of sp³-hybridized carbons (Fsp3) is 0.545. The zero-order valence-corrected chi connectivity index (χ0v) is 21.2. The van der Waals surface area contributed by atoms with Crippen molar-refractivity contribution in [3.8, 4) is 5.88 Å². The molecule has 34 heavy (non-hydrogen) atoms. The molecule has 3 heterocycles. The van der Waals surface area contributed by atoms with E-state index >= 15 is 0 Å². The highest BCUT2D eigenvalue weighted by atomic mass is 32.2. The Morgan fingerprint density at radius 2 is 2.12 bits per heavy atom. The topological polar surface area (TPSA) is 103 Å². The van der Waals surface area contributed by atoms with Crippen molar-refractivity contribution in [2.75, 3.05) is 24.4 Å². The van der Waals surface area contributed by atoms with Gasteiger partial charge in [0.2, 0.25) is 5.88 Å². The second-order valence-electron chi connectivity index (χ2n) is 8.76. The van der Waals surface area contributed by atoms with Crippen LogP contribution >= 0.6 is 11.8 Å². The quantitative estimate of drug-likeness (QED) is 0.402. The van der Waals surface area contributed by atoms with Gasteiger partial charge in [-0.25, -0.2) is 9.37 Å². The fourth-order valence-electron chi connectivity index (χ4n) is 3.48. The SMILES string of the molecule is Cc1cccc(CSc2nc(NS(=O)(=O)N3CCC3)cc(O[C@H](C)[C@@H]3COC(C)(C)O3)n2)c1F. The summed E-state index contributed by atoms with van der Waals surface area (Å²) < 4.78 is 60.9. The number of nitrogens with one attached hydrogen (secondary N) is 1. The molecular formula is C22H29FN4O5S2. The maximum Gasteiger partial charge on any atom is 0.302 e. The van der Waals surface area contributed by atoms with Gasteiger partial charge in [0, 0.05) is 24.9 Å². The van der Waals surface area contributed by atoms with Crippen LogP contribution in [0.3, 0.4) is 0 Å². The van der Waals surface area contributed by atoms with Crippen LogP contribution in [0, 0.1) is 12.7 Å². The van der Waals surface area contributed by atoms with Crippen molar-refractivity contribution in [1.29, 1.82) is 0 Å². The van der Waals surface area contributed by atoms with Crippen LogP contribution in [0.15, 0.2) is 29.4 Å². The Balaban J connectivity index is 1.54. The first-order valence-electron chi connectivity index (χ1n) is 11.0. The minimum Gasteiger partial charge on any atom is -0.472 e. The van der Waals surface area contributed by atoms with Crippen molar-refractivity contribution in [1.82, 2.24) is 14.3 Å². The van der Waals surface area contributed by atoms with Crippen LogP contribution in [-0.2, 0) is 25.4 Å². The molecule has 2 fully saturated rings. The van der Waals surface area contributed by atoms with Gasteiger partial charge in [-0.3, -0.25) is 4.72 Å². The first-order valence-corrected chi connectivity index (χ1v) is 13.5. The summed E-state index contributed by atoms with van der Waals surface area (Å²) in [5.74, 6) is -0.441. The Kier molecular flexibility index (Phi) is 7.34. The third-order valence-corrected chi connectivity index (χ3v) is 7.97. The molecule has 0 spiro atoms. The van der Waals surface area contributed by atoms with Crippen LogP contribution in [0.2, 0.25) is 0 Å². The van der Waals surface area contributed by atoms with E-state index in [-0.39, 0.29) is 34.5 Å². The molecule has 2 atom stereocenters. The summed E-state index contributed by atoms with van der Waals surface area (Å²) in [7, 11) is -3.73. The van der Waals surface area contributed by atoms with Crippen LogP contribution in [-0.4, -0.2) is 60.4 Å². The van der Waals surface area contributed by atoms with Gasteiger partial charge < -0.3 is 14.2 Å². The third kappa shape index (κ3) is 5.98. The summed E-state index contributed by atoms with van der Waals surface area (Å²) in [6.45, 7) is 8.47. The number of ether oxygens (including phenoxy) is 3. The van der Waals surface area contributed by atoms with Gasteiger partial charge in [0.05, 0.1) is 6.61 Å². The molecule has 9 nitrogen and oxygen atoms in total. The highest BCUT2D eigenvalue weighted by molar-refractivity contribution is 7.98. The van der Waals surface area contributed by atoms with E-state index in [1.807, 2.05) is 20.8 Å². The average molecular weight is 513 g/mol. The highest BCUT2D eigenvalue weighted by Gasteiger charge is 2.37. The van der Waals surface area contributed by atoms with E-state index in [1.54, 1.807) is 25.1 Å². The lowest BCUT2D eigenvalue weighted by molar-refractivity contribution is -0.147. The van der Waals surface area contributed by atoms with Crippen LogP contribution in [0.4, 0.5) is 10.2 Å². The van der Waals surface area contributed by atoms with Gasteiger partial charge in [-0.15, -0.1) is 0 Å². The number of aryl methyl sites for hydroxylation is 1. The second kappa shape index (κ2) is 9.94. The molecule has 2 aromatic rings. The molecule has 0 saturated carbocycles. The average Bonchev–Trinajstić information content (AvgIpc) is 3.07. The van der Waals surface area contributed by atoms with Gasteiger partial charge in [0.15, 0.2) is 10.9 Å². The van der Waals surface area contributed by atoms with E-state index in [2.05, 4.69) is 14.7 Å². The molecule has 0 radical (unpaired) electrons. The summed E-state index contributed by atoms with van der Waals surface area (Å²) in [6, 6.07) is 6.62. The number of benzene rings is 1. The Labute approximate surface area is 203 Å². The first kappa shape index (κ1) is 25.1. The van der Waals surface area contributed by atoms with Crippen molar-refractivity contribution in [2.45, 2.75) is 63.0 Å². The Bertz CT molecular complexity index is 1140. The fourth-order valence-corrected chi connectivity index (χ4v) is 5.54. The van der Waals surface area contributed by atoms with E-state index in [0.717, 1.165) is 6.42 Å². The maximum atomic E-state index is 14.4. The number of anilines is 1. The van der Waals surface area contributed by atoms with E-state index in [4.69, 9.17) is 14.2 Å². The molecule has 0 aliphatic carbocycles. The summed E-state index contributed by atoms with van der Waals surface area (Å²) in [5.41, 5.74) is 1.06. The van der Waals surface area contributed by atoms with Gasteiger partial charge in [0.25, 0.3) is 0 Å². The molecule has 0 unspecified atom stereocenters. The predicted molar refractivity (Wildman–Crippen MR) is 126 cm³/mol. The largest absolute Gasteiger partial charge is 0.472 e. The Hall–Kier alpha value is -1.99. The first-order chi connectivity index (χ1) is 16.0. The van der Waals surface area contributed by atoms with Gasteiger partial charge >= 0.3 is 10.2 Å². The van der Waals surface area contributed by atoms with Crippen molar-refractivity contribution in [3.05, 3.63) is 41.2 Å². The standard InChI is InChI=1S/C22H29FN4O5S2/c1-14-7-5-8-16(20(14)23)13-33-21-24-18(26-34(28,29)27-9-6-10-27)11-19(25-21)31-15(2)17-12-30-22(3,4)32-17/h5,7-8,11,15,17H,6,9-10,12-13H2,1-4H3,(H,24,25,26)/t15-,17+/m1/s1. The predicted octanol–water partition coefficient (Wildman–Crippen LogP) is 3.50. The van der Waals surface area contributed by atoms with Crippen LogP contribution in [0.5, 0.6) is 5.88 Å². The second-order valence-corrected chi connectivity index (χ2v) is 11.4. The minimum absolute atomic E-state index is 0.0836. The molecule has 4 rings (SSSR count). The molecule has 2 aliphatic rings. The summed E-state index contributed by atoms with van der Waals surface area (Å²) in [5, 5.41) is 0.260. The van der Waals surface area contributed by atoms with E-state index < -0.39 is 22.1 Å². The number of halogens is 1. The highest BCUT2D eigenvalue weighted by Crippen LogP contribution is 2.29. The zero-order chi connectivity index (χ0) is 24.5. The Morgan fingerprint density at radius 3 is 2.76 bits per heavy atom. The van der Waals surface area contributed by atoms with Crippen molar-refractivity contribution in [2.24, 2.45) is 0 Å². The molecule has 2 saturated heterocycles. The summed E-state index contributed by atoms with van der Waals surface area (Å²) >= 11 is 1.19. The summed E-state index contributed by atoms with van der Waals surface area (Å²) in [4.78, 5) is 8.75. The third-order valence-electron chi connectivity index (χ3n) is 5.56. The molecular weight excluding hydrogens is 483 g/mol. The lowest BCUT2D eigenvalue weighted by Gasteiger charge is -2.29. The van der Waals surface area contributed by atoms with Gasteiger partial charge in [-0.1, -0.05) is 30.0 Å². The molecule has 186 valence electrons. The van der Waals surface area contributed by atoms with E-state index in [9.17, 15) is 12.8 Å². The maximum absolute atomic E-state index is 14.4. The van der Waals surface area contributed by atoms with Gasteiger partial charge in [0.1, 0.15) is 23.8 Å². The molecule has 1 N–H and O–H groups in total. The molecule has 1 aromatic heterocycles.